The fraction of sp³-hybridized carbons (Fsp3) is 0.500. The van der Waals surface area contributed by atoms with Crippen molar-refractivity contribution in [2.45, 2.75) is 18.4 Å². The molecule has 2 heterocycles. The topological polar surface area (TPSA) is 51.5 Å². The zero-order valence-corrected chi connectivity index (χ0v) is 9.08. The van der Waals surface area contributed by atoms with Crippen LogP contribution in [0.5, 0.6) is 0 Å². The van der Waals surface area contributed by atoms with Crippen molar-refractivity contribution in [2.24, 2.45) is 0 Å². The average Bonchev–Trinajstić information content (AvgIpc) is 2.84. The molecular weight excluding hydrogens is 218 g/mol. The zero-order valence-electron chi connectivity index (χ0n) is 8.33. The minimum Gasteiger partial charge on any atom is -0.468 e. The molecule has 1 fully saturated rings. The van der Waals surface area contributed by atoms with Gasteiger partial charge in [-0.25, -0.2) is 0 Å². The molecule has 1 N–H and O–H groups in total. The van der Waals surface area contributed by atoms with Crippen LogP contribution in [0.1, 0.15) is 18.1 Å². The molecule has 0 saturated carbocycles. The van der Waals surface area contributed by atoms with Gasteiger partial charge in [0.1, 0.15) is 11.8 Å². The van der Waals surface area contributed by atoms with Crippen molar-refractivity contribution in [1.29, 1.82) is 0 Å². The maximum Gasteiger partial charge on any atom is 0.322 e. The van der Waals surface area contributed by atoms with Crippen LogP contribution in [0.25, 0.3) is 0 Å². The second-order valence-electron chi connectivity index (χ2n) is 3.56. The van der Waals surface area contributed by atoms with Gasteiger partial charge in [0.05, 0.1) is 7.11 Å². The van der Waals surface area contributed by atoms with Crippen LogP contribution in [0.3, 0.4) is 0 Å². The Kier molecular flexibility index (Phi) is 2.98. The van der Waals surface area contributed by atoms with Crippen LogP contribution in [0.2, 0.25) is 5.22 Å². The number of esters is 1. The summed E-state index contributed by atoms with van der Waals surface area (Å²) in [5.74, 6) is 0.788. The van der Waals surface area contributed by atoms with E-state index in [9.17, 15) is 4.79 Å². The van der Waals surface area contributed by atoms with E-state index >= 15 is 0 Å². The predicted molar refractivity (Wildman–Crippen MR) is 54.9 cm³/mol. The molecule has 0 amide bonds. The number of hydrogen-bond acceptors (Lipinski definition) is 4. The minimum absolute atomic E-state index is 0.196. The van der Waals surface area contributed by atoms with Gasteiger partial charge in [0, 0.05) is 12.5 Å². The van der Waals surface area contributed by atoms with Gasteiger partial charge in [-0.05, 0) is 30.2 Å². The predicted octanol–water partition coefficient (Wildman–Crippen LogP) is 1.55. The number of methoxy groups -OCH3 is 1. The SMILES string of the molecule is COC(=O)C1CC(c2ccc(Cl)o2)CN1. The number of carbonyl (C=O) groups excluding carboxylic acids is 1. The van der Waals surface area contributed by atoms with E-state index in [1.165, 1.54) is 7.11 Å². The molecule has 2 unspecified atom stereocenters. The fourth-order valence-electron chi connectivity index (χ4n) is 1.82. The smallest absolute Gasteiger partial charge is 0.322 e. The molecule has 2 rings (SSSR count). The van der Waals surface area contributed by atoms with Gasteiger partial charge < -0.3 is 14.5 Å². The van der Waals surface area contributed by atoms with Crippen molar-refractivity contribution in [2.75, 3.05) is 13.7 Å². The third-order valence-electron chi connectivity index (χ3n) is 2.61. The summed E-state index contributed by atoms with van der Waals surface area (Å²) in [4.78, 5) is 11.3. The van der Waals surface area contributed by atoms with E-state index in [2.05, 4.69) is 10.1 Å². The van der Waals surface area contributed by atoms with Crippen molar-refractivity contribution in [3.63, 3.8) is 0 Å². The molecule has 0 radical (unpaired) electrons. The molecule has 0 spiro atoms. The first-order valence-corrected chi connectivity index (χ1v) is 5.15. The Morgan fingerprint density at radius 1 is 1.67 bits per heavy atom. The fourth-order valence-corrected chi connectivity index (χ4v) is 1.97. The highest BCUT2D eigenvalue weighted by atomic mass is 35.5. The van der Waals surface area contributed by atoms with E-state index in [0.717, 1.165) is 5.76 Å². The third-order valence-corrected chi connectivity index (χ3v) is 2.82. The lowest BCUT2D eigenvalue weighted by Gasteiger charge is -2.06. The molecule has 1 aliphatic heterocycles. The van der Waals surface area contributed by atoms with E-state index in [1.54, 1.807) is 6.07 Å². The Bertz CT molecular complexity index is 363. The number of carbonyl (C=O) groups is 1. The Hall–Kier alpha value is -1.00. The van der Waals surface area contributed by atoms with E-state index in [0.29, 0.717) is 18.2 Å². The average molecular weight is 230 g/mol. The summed E-state index contributed by atoms with van der Waals surface area (Å²) in [5, 5.41) is 3.47. The van der Waals surface area contributed by atoms with Crippen molar-refractivity contribution in [1.82, 2.24) is 5.32 Å². The normalized spacial score (nSPS) is 25.5. The molecule has 0 aromatic carbocycles. The quantitative estimate of drug-likeness (QED) is 0.782. The summed E-state index contributed by atoms with van der Waals surface area (Å²) in [6.45, 7) is 0.712. The molecule has 1 aromatic heterocycles. The lowest BCUT2D eigenvalue weighted by atomic mass is 10.0. The van der Waals surface area contributed by atoms with Crippen LogP contribution >= 0.6 is 11.6 Å². The highest BCUT2D eigenvalue weighted by Gasteiger charge is 2.32. The van der Waals surface area contributed by atoms with E-state index < -0.39 is 0 Å². The first kappa shape index (κ1) is 10.5. The first-order valence-electron chi connectivity index (χ1n) is 4.77. The number of ether oxygens (including phenoxy) is 1. The molecule has 2 atom stereocenters. The molecule has 1 saturated heterocycles. The maximum absolute atomic E-state index is 11.3. The first-order chi connectivity index (χ1) is 7.20. The van der Waals surface area contributed by atoms with Crippen LogP contribution in [0.15, 0.2) is 16.5 Å². The lowest BCUT2D eigenvalue weighted by Crippen LogP contribution is -2.31. The highest BCUT2D eigenvalue weighted by Crippen LogP contribution is 2.28. The third kappa shape index (κ3) is 2.16. The van der Waals surface area contributed by atoms with Gasteiger partial charge in [-0.15, -0.1) is 0 Å². The van der Waals surface area contributed by atoms with Crippen LogP contribution in [-0.4, -0.2) is 25.7 Å². The molecule has 1 aromatic rings. The van der Waals surface area contributed by atoms with E-state index in [1.807, 2.05) is 6.07 Å². The molecule has 4 nitrogen and oxygen atoms in total. The summed E-state index contributed by atoms with van der Waals surface area (Å²) < 4.78 is 9.97. The monoisotopic (exact) mass is 229 g/mol. The van der Waals surface area contributed by atoms with Crippen molar-refractivity contribution in [3.8, 4) is 0 Å². The van der Waals surface area contributed by atoms with Gasteiger partial charge in [0.25, 0.3) is 0 Å². The molecule has 0 aliphatic carbocycles. The lowest BCUT2D eigenvalue weighted by molar-refractivity contribution is -0.142. The van der Waals surface area contributed by atoms with Crippen molar-refractivity contribution < 1.29 is 13.9 Å². The van der Waals surface area contributed by atoms with Gasteiger partial charge in [-0.1, -0.05) is 0 Å². The largest absolute Gasteiger partial charge is 0.468 e. The van der Waals surface area contributed by atoms with E-state index in [-0.39, 0.29) is 17.9 Å². The number of halogens is 1. The van der Waals surface area contributed by atoms with Crippen LogP contribution in [-0.2, 0) is 9.53 Å². The van der Waals surface area contributed by atoms with Crippen LogP contribution < -0.4 is 5.32 Å². The second-order valence-corrected chi connectivity index (χ2v) is 3.93. The van der Waals surface area contributed by atoms with Gasteiger partial charge in [-0.2, -0.15) is 0 Å². The Balaban J connectivity index is 2.01. The van der Waals surface area contributed by atoms with Crippen molar-refractivity contribution >= 4 is 17.6 Å². The standard InChI is InChI=1S/C10H12ClNO3/c1-14-10(13)7-4-6(5-12-7)8-2-3-9(11)15-8/h2-3,6-7,12H,4-5H2,1H3. The van der Waals surface area contributed by atoms with Crippen LogP contribution in [0.4, 0.5) is 0 Å². The minimum atomic E-state index is -0.233. The number of hydrogen-bond donors (Lipinski definition) is 1. The zero-order chi connectivity index (χ0) is 10.8. The maximum atomic E-state index is 11.3. The summed E-state index contributed by atoms with van der Waals surface area (Å²) >= 11 is 5.69. The summed E-state index contributed by atoms with van der Waals surface area (Å²) in [6.07, 6.45) is 0.691. The van der Waals surface area contributed by atoms with Gasteiger partial charge in [0.2, 0.25) is 0 Å². The number of furan rings is 1. The van der Waals surface area contributed by atoms with Gasteiger partial charge >= 0.3 is 5.97 Å². The highest BCUT2D eigenvalue weighted by molar-refractivity contribution is 6.28. The second kappa shape index (κ2) is 4.24. The Morgan fingerprint density at radius 3 is 3.07 bits per heavy atom. The molecule has 82 valence electrons. The molecule has 5 heteroatoms. The van der Waals surface area contributed by atoms with Gasteiger partial charge in [-0.3, -0.25) is 4.79 Å². The Morgan fingerprint density at radius 2 is 2.47 bits per heavy atom. The number of rotatable bonds is 2. The van der Waals surface area contributed by atoms with Crippen molar-refractivity contribution in [3.05, 3.63) is 23.1 Å². The molecule has 1 aliphatic rings. The Labute approximate surface area is 92.5 Å². The summed E-state index contributed by atoms with van der Waals surface area (Å²) in [7, 11) is 1.39. The summed E-state index contributed by atoms with van der Waals surface area (Å²) in [6, 6.07) is 3.32. The summed E-state index contributed by atoms with van der Waals surface area (Å²) in [5.41, 5.74) is 0. The number of nitrogens with one attached hydrogen (secondary N) is 1. The van der Waals surface area contributed by atoms with Gasteiger partial charge in [0.15, 0.2) is 5.22 Å². The molecule has 15 heavy (non-hydrogen) atoms. The van der Waals surface area contributed by atoms with E-state index in [4.69, 9.17) is 16.0 Å². The molecule has 0 bridgehead atoms. The van der Waals surface area contributed by atoms with Crippen LogP contribution in [0, 0.1) is 0 Å². The molecular formula is C10H12ClNO3.